The van der Waals surface area contributed by atoms with Gasteiger partial charge in [0.2, 0.25) is 0 Å². The lowest BCUT2D eigenvalue weighted by atomic mass is 10.2. The number of piperazine rings is 1. The molecule has 16 heavy (non-hydrogen) atoms. The van der Waals surface area contributed by atoms with E-state index in [2.05, 4.69) is 33.5 Å². The number of nitrogens with zero attached hydrogens (tertiary/aromatic N) is 2. The molecule has 0 unspecified atom stereocenters. The third-order valence-corrected chi connectivity index (χ3v) is 3.61. The SMILES string of the molecule is NC(=S)SN1CCN(c2ccccc2)CC1. The van der Waals surface area contributed by atoms with Gasteiger partial charge in [-0.2, -0.15) is 0 Å². The van der Waals surface area contributed by atoms with Crippen LogP contribution < -0.4 is 10.6 Å². The van der Waals surface area contributed by atoms with Gasteiger partial charge in [0.25, 0.3) is 0 Å². The predicted octanol–water partition coefficient (Wildman–Crippen LogP) is 1.70. The highest BCUT2D eigenvalue weighted by Crippen LogP contribution is 2.19. The van der Waals surface area contributed by atoms with Gasteiger partial charge in [0, 0.05) is 31.9 Å². The first kappa shape index (κ1) is 11.7. The summed E-state index contributed by atoms with van der Waals surface area (Å²) in [5, 5.41) is 0. The van der Waals surface area contributed by atoms with E-state index < -0.39 is 0 Å². The van der Waals surface area contributed by atoms with Crippen LogP contribution in [-0.2, 0) is 0 Å². The van der Waals surface area contributed by atoms with E-state index in [1.807, 2.05) is 6.07 Å². The number of rotatable bonds is 2. The van der Waals surface area contributed by atoms with Crippen LogP contribution in [0.25, 0.3) is 0 Å². The zero-order chi connectivity index (χ0) is 11.4. The fraction of sp³-hybridized carbons (Fsp3) is 0.364. The van der Waals surface area contributed by atoms with Gasteiger partial charge in [0.05, 0.1) is 0 Å². The number of anilines is 1. The van der Waals surface area contributed by atoms with Crippen LogP contribution in [0.5, 0.6) is 0 Å². The molecule has 3 nitrogen and oxygen atoms in total. The Kier molecular flexibility index (Phi) is 4.04. The maximum atomic E-state index is 5.51. The Morgan fingerprint density at radius 3 is 2.31 bits per heavy atom. The van der Waals surface area contributed by atoms with Crippen molar-refractivity contribution in [1.29, 1.82) is 0 Å². The van der Waals surface area contributed by atoms with Gasteiger partial charge in [-0.25, -0.2) is 4.31 Å². The summed E-state index contributed by atoms with van der Waals surface area (Å²) in [7, 11) is 0. The van der Waals surface area contributed by atoms with Gasteiger partial charge in [-0.15, -0.1) is 0 Å². The summed E-state index contributed by atoms with van der Waals surface area (Å²) in [6.45, 7) is 4.05. The monoisotopic (exact) mass is 253 g/mol. The highest BCUT2D eigenvalue weighted by atomic mass is 32.2. The van der Waals surface area contributed by atoms with Crippen molar-refractivity contribution in [2.75, 3.05) is 31.1 Å². The van der Waals surface area contributed by atoms with Crippen molar-refractivity contribution in [3.8, 4) is 0 Å². The molecule has 0 radical (unpaired) electrons. The van der Waals surface area contributed by atoms with E-state index in [4.69, 9.17) is 18.0 Å². The van der Waals surface area contributed by atoms with E-state index in [1.54, 1.807) is 0 Å². The van der Waals surface area contributed by atoms with Gasteiger partial charge in [-0.05, 0) is 24.1 Å². The zero-order valence-corrected chi connectivity index (χ0v) is 10.6. The van der Waals surface area contributed by atoms with Gasteiger partial charge < -0.3 is 10.6 Å². The predicted molar refractivity (Wildman–Crippen MR) is 74.6 cm³/mol. The van der Waals surface area contributed by atoms with E-state index in [0.717, 1.165) is 26.2 Å². The molecule has 0 spiro atoms. The summed E-state index contributed by atoms with van der Waals surface area (Å²) in [4.78, 5) is 2.39. The molecule has 0 atom stereocenters. The molecule has 1 aromatic carbocycles. The third-order valence-electron chi connectivity index (χ3n) is 2.58. The van der Waals surface area contributed by atoms with Crippen molar-refractivity contribution >= 4 is 34.2 Å². The number of hydrogen-bond acceptors (Lipinski definition) is 4. The van der Waals surface area contributed by atoms with Crippen molar-refractivity contribution in [3.63, 3.8) is 0 Å². The van der Waals surface area contributed by atoms with Crippen molar-refractivity contribution in [1.82, 2.24) is 4.31 Å². The third kappa shape index (κ3) is 3.10. The van der Waals surface area contributed by atoms with E-state index in [1.165, 1.54) is 17.6 Å². The van der Waals surface area contributed by atoms with Crippen LogP contribution in [0.1, 0.15) is 0 Å². The zero-order valence-electron chi connectivity index (χ0n) is 9.00. The van der Waals surface area contributed by atoms with Crippen LogP contribution in [0.15, 0.2) is 30.3 Å². The van der Waals surface area contributed by atoms with Crippen molar-refractivity contribution in [2.45, 2.75) is 0 Å². The Morgan fingerprint density at radius 1 is 1.12 bits per heavy atom. The number of hydrogen-bond donors (Lipinski definition) is 1. The second-order valence-corrected chi connectivity index (χ2v) is 5.50. The van der Waals surface area contributed by atoms with Gasteiger partial charge in [0.1, 0.15) is 4.32 Å². The minimum absolute atomic E-state index is 0.508. The standard InChI is InChI=1S/C11H15N3S2/c12-11(15)16-14-8-6-13(7-9-14)10-4-2-1-3-5-10/h1-5H,6-9H2,(H2,12,15). The summed E-state index contributed by atoms with van der Waals surface area (Å²) in [6.07, 6.45) is 0. The maximum absolute atomic E-state index is 5.51. The van der Waals surface area contributed by atoms with Gasteiger partial charge in [-0.3, -0.25) is 0 Å². The number of nitrogens with two attached hydrogens (primary N) is 1. The van der Waals surface area contributed by atoms with E-state index >= 15 is 0 Å². The van der Waals surface area contributed by atoms with Crippen LogP contribution in [0.2, 0.25) is 0 Å². The molecule has 0 bridgehead atoms. The topological polar surface area (TPSA) is 32.5 Å². The molecule has 0 aliphatic carbocycles. The van der Waals surface area contributed by atoms with Gasteiger partial charge in [-0.1, -0.05) is 30.4 Å². The lowest BCUT2D eigenvalue weighted by molar-refractivity contribution is 0.432. The molecule has 1 aliphatic rings. The number of thiocarbonyl (C=S) groups is 1. The Labute approximate surface area is 106 Å². The Morgan fingerprint density at radius 2 is 1.75 bits per heavy atom. The molecule has 1 aliphatic heterocycles. The molecular formula is C11H15N3S2. The van der Waals surface area contributed by atoms with Crippen LogP contribution in [0, 0.1) is 0 Å². The number of para-hydroxylation sites is 1. The summed E-state index contributed by atoms with van der Waals surface area (Å²) >= 11 is 6.37. The molecule has 0 amide bonds. The summed E-state index contributed by atoms with van der Waals surface area (Å²) < 4.78 is 2.73. The molecule has 0 aromatic heterocycles. The Bertz CT molecular complexity index is 348. The molecule has 1 heterocycles. The average molecular weight is 253 g/mol. The van der Waals surface area contributed by atoms with Crippen molar-refractivity contribution in [3.05, 3.63) is 30.3 Å². The normalized spacial score (nSPS) is 17.4. The van der Waals surface area contributed by atoms with E-state index in [9.17, 15) is 0 Å². The highest BCUT2D eigenvalue weighted by Gasteiger charge is 2.17. The molecule has 2 N–H and O–H groups in total. The largest absolute Gasteiger partial charge is 0.384 e. The molecule has 0 saturated carbocycles. The maximum Gasteiger partial charge on any atom is 0.146 e. The minimum atomic E-state index is 0.508. The molecular weight excluding hydrogens is 238 g/mol. The molecule has 1 saturated heterocycles. The lowest BCUT2D eigenvalue weighted by Crippen LogP contribution is -2.44. The number of benzene rings is 1. The minimum Gasteiger partial charge on any atom is -0.384 e. The lowest BCUT2D eigenvalue weighted by Gasteiger charge is -2.34. The fourth-order valence-electron chi connectivity index (χ4n) is 1.80. The Hall–Kier alpha value is -0.780. The molecule has 86 valence electrons. The molecule has 1 fully saturated rings. The molecule has 1 aromatic rings. The summed E-state index contributed by atoms with van der Waals surface area (Å²) in [5.74, 6) is 0. The second-order valence-electron chi connectivity index (χ2n) is 3.66. The second kappa shape index (κ2) is 5.52. The highest BCUT2D eigenvalue weighted by molar-refractivity contribution is 8.21. The molecule has 5 heteroatoms. The average Bonchev–Trinajstić information content (AvgIpc) is 2.30. The smallest absolute Gasteiger partial charge is 0.146 e. The quantitative estimate of drug-likeness (QED) is 0.641. The van der Waals surface area contributed by atoms with Crippen molar-refractivity contribution in [2.24, 2.45) is 5.73 Å². The Balaban J connectivity index is 1.88. The van der Waals surface area contributed by atoms with Crippen LogP contribution >= 0.6 is 24.2 Å². The van der Waals surface area contributed by atoms with E-state index in [-0.39, 0.29) is 0 Å². The van der Waals surface area contributed by atoms with Crippen LogP contribution in [0.3, 0.4) is 0 Å². The first-order chi connectivity index (χ1) is 7.75. The van der Waals surface area contributed by atoms with E-state index in [0.29, 0.717) is 4.32 Å². The molecule has 2 rings (SSSR count). The summed E-state index contributed by atoms with van der Waals surface area (Å²) in [6, 6.07) is 10.5. The first-order valence-electron chi connectivity index (χ1n) is 5.28. The first-order valence-corrected chi connectivity index (χ1v) is 6.46. The van der Waals surface area contributed by atoms with Crippen LogP contribution in [-0.4, -0.2) is 34.8 Å². The van der Waals surface area contributed by atoms with Gasteiger partial charge >= 0.3 is 0 Å². The fourth-order valence-corrected chi connectivity index (χ4v) is 2.72. The van der Waals surface area contributed by atoms with Crippen molar-refractivity contribution < 1.29 is 0 Å². The summed E-state index contributed by atoms with van der Waals surface area (Å²) in [5.41, 5.74) is 6.80. The van der Waals surface area contributed by atoms with Crippen LogP contribution in [0.4, 0.5) is 5.69 Å². The van der Waals surface area contributed by atoms with Gasteiger partial charge in [0.15, 0.2) is 0 Å².